The Labute approximate surface area is 173 Å². The Bertz CT molecular complexity index is 1200. The predicted molar refractivity (Wildman–Crippen MR) is 114 cm³/mol. The van der Waals surface area contributed by atoms with E-state index in [0.29, 0.717) is 29.8 Å². The lowest BCUT2D eigenvalue weighted by Gasteiger charge is -2.13. The van der Waals surface area contributed by atoms with Gasteiger partial charge in [-0.25, -0.2) is 4.68 Å². The standard InChI is InChI=1S/C22H22N6O2/c1-13(30)11-28-22(25-21(27-28)16-4-2-14(12-29)3-5-16)24-19-9-8-18-17(10-23-26-18)20(19)15-6-7-15/h2-5,8-10,12-13,15,30H,6-7,11H2,1H3,(H,23,26)(H,24,25,27). The van der Waals surface area contributed by atoms with Crippen LogP contribution in [0.5, 0.6) is 0 Å². The Morgan fingerprint density at radius 1 is 1.27 bits per heavy atom. The molecule has 1 fully saturated rings. The molecule has 0 spiro atoms. The number of hydrogen-bond acceptors (Lipinski definition) is 6. The zero-order chi connectivity index (χ0) is 20.7. The van der Waals surface area contributed by atoms with Crippen LogP contribution >= 0.6 is 0 Å². The van der Waals surface area contributed by atoms with Crippen molar-refractivity contribution in [2.24, 2.45) is 0 Å². The lowest BCUT2D eigenvalue weighted by molar-refractivity contribution is 0.112. The van der Waals surface area contributed by atoms with Crippen LogP contribution in [0.1, 0.15) is 41.6 Å². The van der Waals surface area contributed by atoms with Crippen LogP contribution in [0.15, 0.2) is 42.6 Å². The minimum atomic E-state index is -0.572. The summed E-state index contributed by atoms with van der Waals surface area (Å²) in [6.45, 7) is 2.03. The summed E-state index contributed by atoms with van der Waals surface area (Å²) < 4.78 is 1.68. The smallest absolute Gasteiger partial charge is 0.226 e. The number of H-pyrrole nitrogens is 1. The largest absolute Gasteiger partial charge is 0.391 e. The molecule has 2 heterocycles. The number of nitrogens with one attached hydrogen (secondary N) is 2. The van der Waals surface area contributed by atoms with Crippen LogP contribution in [0.4, 0.5) is 11.6 Å². The Balaban J connectivity index is 1.55. The van der Waals surface area contributed by atoms with E-state index in [2.05, 4.69) is 20.6 Å². The molecule has 0 amide bonds. The molecule has 1 aliphatic carbocycles. The number of nitrogens with zero attached hydrogens (tertiary/aromatic N) is 4. The molecular formula is C22H22N6O2. The summed E-state index contributed by atoms with van der Waals surface area (Å²) in [6, 6.07) is 11.2. The number of aliphatic hydroxyl groups is 1. The van der Waals surface area contributed by atoms with Crippen molar-refractivity contribution in [3.63, 3.8) is 0 Å². The summed E-state index contributed by atoms with van der Waals surface area (Å²) in [5.41, 5.74) is 4.64. The first kappa shape index (κ1) is 18.5. The number of aldehydes is 1. The van der Waals surface area contributed by atoms with Crippen LogP contribution in [-0.2, 0) is 6.54 Å². The zero-order valence-electron chi connectivity index (χ0n) is 16.5. The Morgan fingerprint density at radius 3 is 2.77 bits per heavy atom. The number of benzene rings is 2. The van der Waals surface area contributed by atoms with E-state index in [4.69, 9.17) is 4.98 Å². The van der Waals surface area contributed by atoms with E-state index in [-0.39, 0.29) is 0 Å². The van der Waals surface area contributed by atoms with Gasteiger partial charge in [0, 0.05) is 22.2 Å². The summed E-state index contributed by atoms with van der Waals surface area (Å²) in [4.78, 5) is 15.6. The summed E-state index contributed by atoms with van der Waals surface area (Å²) in [5.74, 6) is 1.61. The van der Waals surface area contributed by atoms with Crippen LogP contribution in [0.25, 0.3) is 22.3 Å². The number of anilines is 2. The van der Waals surface area contributed by atoms with Gasteiger partial charge in [-0.2, -0.15) is 10.1 Å². The van der Waals surface area contributed by atoms with E-state index in [1.807, 2.05) is 30.5 Å². The van der Waals surface area contributed by atoms with Gasteiger partial charge in [-0.05, 0) is 43.4 Å². The number of aromatic nitrogens is 5. The Kier molecular flexibility index (Phi) is 4.55. The molecule has 1 atom stereocenters. The fourth-order valence-corrected chi connectivity index (χ4v) is 3.73. The highest BCUT2D eigenvalue weighted by Crippen LogP contribution is 2.47. The van der Waals surface area contributed by atoms with E-state index >= 15 is 0 Å². The van der Waals surface area contributed by atoms with Gasteiger partial charge < -0.3 is 10.4 Å². The van der Waals surface area contributed by atoms with E-state index in [9.17, 15) is 9.90 Å². The number of aliphatic hydroxyl groups excluding tert-OH is 1. The van der Waals surface area contributed by atoms with Gasteiger partial charge in [0.05, 0.1) is 24.4 Å². The molecular weight excluding hydrogens is 380 g/mol. The molecule has 2 aromatic carbocycles. The quantitative estimate of drug-likeness (QED) is 0.407. The molecule has 30 heavy (non-hydrogen) atoms. The summed E-state index contributed by atoms with van der Waals surface area (Å²) in [7, 11) is 0. The Hall–Kier alpha value is -3.52. The average Bonchev–Trinajstić information content (AvgIpc) is 3.34. The van der Waals surface area contributed by atoms with Crippen LogP contribution in [-0.4, -0.2) is 42.5 Å². The number of rotatable bonds is 7. The number of hydrogen-bond donors (Lipinski definition) is 3. The van der Waals surface area contributed by atoms with Gasteiger partial charge in [-0.15, -0.1) is 5.10 Å². The molecule has 0 radical (unpaired) electrons. The van der Waals surface area contributed by atoms with Crippen molar-refractivity contribution in [2.75, 3.05) is 5.32 Å². The van der Waals surface area contributed by atoms with Gasteiger partial charge in [0.15, 0.2) is 5.82 Å². The molecule has 1 saturated carbocycles. The molecule has 5 rings (SSSR count). The maximum Gasteiger partial charge on any atom is 0.226 e. The highest BCUT2D eigenvalue weighted by atomic mass is 16.3. The molecule has 3 N–H and O–H groups in total. The van der Waals surface area contributed by atoms with E-state index in [1.54, 1.807) is 23.7 Å². The summed E-state index contributed by atoms with van der Waals surface area (Å²) >= 11 is 0. The predicted octanol–water partition coefficient (Wildman–Crippen LogP) is 3.64. The van der Waals surface area contributed by atoms with Crippen LogP contribution in [0.3, 0.4) is 0 Å². The average molecular weight is 402 g/mol. The van der Waals surface area contributed by atoms with E-state index in [1.165, 1.54) is 5.56 Å². The monoisotopic (exact) mass is 402 g/mol. The highest BCUT2D eigenvalue weighted by molar-refractivity contribution is 5.89. The molecule has 152 valence electrons. The van der Waals surface area contributed by atoms with Crippen molar-refractivity contribution in [1.82, 2.24) is 25.0 Å². The van der Waals surface area contributed by atoms with E-state index in [0.717, 1.165) is 41.3 Å². The van der Waals surface area contributed by atoms with Gasteiger partial charge in [0.2, 0.25) is 5.95 Å². The first-order chi connectivity index (χ1) is 14.6. The second kappa shape index (κ2) is 7.38. The number of fused-ring (bicyclic) bond motifs is 1. The van der Waals surface area contributed by atoms with Crippen molar-refractivity contribution in [1.29, 1.82) is 0 Å². The second-order valence-electron chi connectivity index (χ2n) is 7.79. The lowest BCUT2D eigenvalue weighted by Crippen LogP contribution is -2.15. The van der Waals surface area contributed by atoms with Gasteiger partial charge >= 0.3 is 0 Å². The van der Waals surface area contributed by atoms with Gasteiger partial charge in [0.1, 0.15) is 6.29 Å². The molecule has 8 heteroatoms. The molecule has 4 aromatic rings. The third kappa shape index (κ3) is 3.46. The normalized spacial score (nSPS) is 14.7. The zero-order valence-corrected chi connectivity index (χ0v) is 16.5. The molecule has 2 aromatic heterocycles. The minimum Gasteiger partial charge on any atom is -0.391 e. The van der Waals surface area contributed by atoms with Crippen molar-refractivity contribution in [2.45, 2.75) is 38.3 Å². The maximum absolute atomic E-state index is 10.9. The Morgan fingerprint density at radius 2 is 2.07 bits per heavy atom. The van der Waals surface area contributed by atoms with Gasteiger partial charge in [-0.3, -0.25) is 9.89 Å². The molecule has 0 saturated heterocycles. The van der Waals surface area contributed by atoms with E-state index < -0.39 is 6.10 Å². The second-order valence-corrected chi connectivity index (χ2v) is 7.79. The summed E-state index contributed by atoms with van der Waals surface area (Å²) in [6.07, 6.45) is 4.43. The molecule has 1 unspecified atom stereocenters. The fraction of sp³-hybridized carbons (Fsp3) is 0.273. The highest BCUT2D eigenvalue weighted by Gasteiger charge is 2.29. The van der Waals surface area contributed by atoms with Crippen LogP contribution < -0.4 is 5.32 Å². The van der Waals surface area contributed by atoms with Crippen molar-refractivity contribution < 1.29 is 9.90 Å². The summed E-state index contributed by atoms with van der Waals surface area (Å²) in [5, 5.41) is 26.3. The minimum absolute atomic E-state index is 0.314. The number of carbonyl (C=O) groups is 1. The van der Waals surface area contributed by atoms with Crippen LogP contribution in [0, 0.1) is 0 Å². The molecule has 8 nitrogen and oxygen atoms in total. The van der Waals surface area contributed by atoms with Crippen molar-refractivity contribution >= 4 is 28.8 Å². The van der Waals surface area contributed by atoms with Gasteiger partial charge in [-0.1, -0.05) is 24.3 Å². The van der Waals surface area contributed by atoms with Crippen LogP contribution in [0.2, 0.25) is 0 Å². The first-order valence-electron chi connectivity index (χ1n) is 10.0. The SMILES string of the molecule is CC(O)Cn1nc(-c2ccc(C=O)cc2)nc1Nc1ccc2[nH]ncc2c1C1CC1. The third-order valence-corrected chi connectivity index (χ3v) is 5.31. The molecule has 0 aliphatic heterocycles. The van der Waals surface area contributed by atoms with Crippen molar-refractivity contribution in [3.8, 4) is 11.4 Å². The number of aromatic amines is 1. The topological polar surface area (TPSA) is 109 Å². The van der Waals surface area contributed by atoms with Crippen molar-refractivity contribution in [3.05, 3.63) is 53.7 Å². The molecule has 0 bridgehead atoms. The first-order valence-corrected chi connectivity index (χ1v) is 10.0. The number of carbonyl (C=O) groups excluding carboxylic acids is 1. The fourth-order valence-electron chi connectivity index (χ4n) is 3.73. The lowest BCUT2D eigenvalue weighted by atomic mass is 10.0. The third-order valence-electron chi connectivity index (χ3n) is 5.31. The molecule has 1 aliphatic rings. The maximum atomic E-state index is 10.9. The van der Waals surface area contributed by atoms with Gasteiger partial charge in [0.25, 0.3) is 0 Å².